The first kappa shape index (κ1) is 22.2. The zero-order chi connectivity index (χ0) is 21.6. The molecule has 0 unspecified atom stereocenters. The Hall–Kier alpha value is -2.05. The second-order valence-electron chi connectivity index (χ2n) is 8.24. The van der Waals surface area contributed by atoms with Gasteiger partial charge in [-0.05, 0) is 55.7 Å². The molecule has 0 atom stereocenters. The summed E-state index contributed by atoms with van der Waals surface area (Å²) in [6.07, 6.45) is 3.91. The quantitative estimate of drug-likeness (QED) is 0.584. The number of likely N-dealkylation sites (tertiary alicyclic amines) is 2. The summed E-state index contributed by atoms with van der Waals surface area (Å²) in [5.74, 6) is 1.19. The number of carbonyl (C=O) groups excluding carboxylic acids is 1. The maximum absolute atomic E-state index is 13.8. The molecule has 0 spiro atoms. The van der Waals surface area contributed by atoms with Crippen molar-refractivity contribution in [2.24, 2.45) is 0 Å². The van der Waals surface area contributed by atoms with Gasteiger partial charge < -0.3 is 9.64 Å². The largest absolute Gasteiger partial charge is 0.487 e. The first-order valence-electron chi connectivity index (χ1n) is 11.3. The highest BCUT2D eigenvalue weighted by Crippen LogP contribution is 2.27. The van der Waals surface area contributed by atoms with Crippen LogP contribution in [0.25, 0.3) is 0 Å². The second-order valence-corrected chi connectivity index (χ2v) is 9.54. The van der Waals surface area contributed by atoms with Gasteiger partial charge in [-0.25, -0.2) is 4.39 Å². The van der Waals surface area contributed by atoms with Gasteiger partial charge >= 0.3 is 0 Å². The molecule has 2 aromatic rings. The molecular weight excluding hydrogens is 411 g/mol. The number of nitrogens with zero attached hydrogens (tertiary/aromatic N) is 2. The molecule has 2 heterocycles. The molecule has 4 rings (SSSR count). The Morgan fingerprint density at radius 3 is 2.39 bits per heavy atom. The van der Waals surface area contributed by atoms with Gasteiger partial charge in [0.15, 0.2) is 11.6 Å². The molecule has 0 saturated carbocycles. The van der Waals surface area contributed by atoms with E-state index in [0.717, 1.165) is 68.1 Å². The lowest BCUT2D eigenvalue weighted by molar-refractivity contribution is 0.0415. The highest BCUT2D eigenvalue weighted by Gasteiger charge is 2.31. The average molecular weight is 443 g/mol. The van der Waals surface area contributed by atoms with E-state index in [1.54, 1.807) is 23.9 Å². The fourth-order valence-corrected chi connectivity index (χ4v) is 5.40. The minimum atomic E-state index is -0.291. The highest BCUT2D eigenvalue weighted by molar-refractivity contribution is 7.99. The molecule has 0 aliphatic carbocycles. The van der Waals surface area contributed by atoms with Crippen LogP contribution in [0.1, 0.15) is 43.0 Å². The zero-order valence-electron chi connectivity index (χ0n) is 18.1. The van der Waals surface area contributed by atoms with Crippen LogP contribution in [0.4, 0.5) is 4.39 Å². The maximum Gasteiger partial charge on any atom is 0.254 e. The predicted octanol–water partition coefficient (Wildman–Crippen LogP) is 5.09. The SMILES string of the molecule is CCSc1ccccc1C(=O)N1CCC(N2CCC(Oc3ccccc3F)CC2)CC1. The van der Waals surface area contributed by atoms with Crippen LogP contribution < -0.4 is 4.74 Å². The summed E-state index contributed by atoms with van der Waals surface area (Å²) in [5.41, 5.74) is 0.832. The molecule has 0 aromatic heterocycles. The number of rotatable bonds is 6. The highest BCUT2D eigenvalue weighted by atomic mass is 32.2. The topological polar surface area (TPSA) is 32.8 Å². The van der Waals surface area contributed by atoms with Gasteiger partial charge in [0.25, 0.3) is 5.91 Å². The molecule has 2 saturated heterocycles. The van der Waals surface area contributed by atoms with E-state index in [4.69, 9.17) is 4.74 Å². The molecule has 166 valence electrons. The van der Waals surface area contributed by atoms with E-state index < -0.39 is 0 Å². The number of piperidine rings is 2. The summed E-state index contributed by atoms with van der Waals surface area (Å²) in [5, 5.41) is 0. The van der Waals surface area contributed by atoms with Crippen molar-refractivity contribution in [3.05, 3.63) is 59.9 Å². The van der Waals surface area contributed by atoms with Crippen LogP contribution in [0.5, 0.6) is 5.75 Å². The van der Waals surface area contributed by atoms with Crippen molar-refractivity contribution < 1.29 is 13.9 Å². The number of ether oxygens (including phenoxy) is 1. The lowest BCUT2D eigenvalue weighted by Gasteiger charge is -2.41. The van der Waals surface area contributed by atoms with Gasteiger partial charge in [0.05, 0.1) is 5.56 Å². The van der Waals surface area contributed by atoms with E-state index in [1.807, 2.05) is 35.2 Å². The Bertz CT molecular complexity index is 877. The third-order valence-corrected chi connectivity index (χ3v) is 7.25. The van der Waals surface area contributed by atoms with Crippen molar-refractivity contribution in [1.82, 2.24) is 9.80 Å². The van der Waals surface area contributed by atoms with Gasteiger partial charge in [-0.1, -0.05) is 31.2 Å². The van der Waals surface area contributed by atoms with Crippen LogP contribution >= 0.6 is 11.8 Å². The molecule has 6 heteroatoms. The first-order chi connectivity index (χ1) is 15.2. The van der Waals surface area contributed by atoms with Crippen LogP contribution in [0.3, 0.4) is 0 Å². The number of hydrogen-bond acceptors (Lipinski definition) is 4. The van der Waals surface area contributed by atoms with Gasteiger partial charge in [-0.3, -0.25) is 9.69 Å². The van der Waals surface area contributed by atoms with Gasteiger partial charge in [0, 0.05) is 37.1 Å². The lowest BCUT2D eigenvalue weighted by Crippen LogP contribution is -2.50. The van der Waals surface area contributed by atoms with Crippen LogP contribution in [0.2, 0.25) is 0 Å². The smallest absolute Gasteiger partial charge is 0.254 e. The summed E-state index contributed by atoms with van der Waals surface area (Å²) < 4.78 is 19.7. The number of hydrogen-bond donors (Lipinski definition) is 0. The lowest BCUT2D eigenvalue weighted by atomic mass is 9.98. The van der Waals surface area contributed by atoms with Crippen molar-refractivity contribution in [3.63, 3.8) is 0 Å². The molecular formula is C25H31FN2O2S. The summed E-state index contributed by atoms with van der Waals surface area (Å²) in [6.45, 7) is 5.66. The second kappa shape index (κ2) is 10.5. The minimum Gasteiger partial charge on any atom is -0.487 e. The van der Waals surface area contributed by atoms with Gasteiger partial charge in [0.1, 0.15) is 6.10 Å². The third kappa shape index (κ3) is 5.42. The van der Waals surface area contributed by atoms with Gasteiger partial charge in [-0.2, -0.15) is 0 Å². The van der Waals surface area contributed by atoms with Gasteiger partial charge in [-0.15, -0.1) is 11.8 Å². The third-order valence-electron chi connectivity index (χ3n) is 6.29. The Kier molecular flexibility index (Phi) is 7.51. The summed E-state index contributed by atoms with van der Waals surface area (Å²) >= 11 is 1.73. The Labute approximate surface area is 188 Å². The van der Waals surface area contributed by atoms with Crippen molar-refractivity contribution in [1.29, 1.82) is 0 Å². The number of carbonyl (C=O) groups is 1. The van der Waals surface area contributed by atoms with E-state index >= 15 is 0 Å². The number of thioether (sulfide) groups is 1. The molecule has 0 N–H and O–H groups in total. The molecule has 2 aliphatic heterocycles. The molecule has 4 nitrogen and oxygen atoms in total. The summed E-state index contributed by atoms with van der Waals surface area (Å²) in [6, 6.07) is 15.1. The standard InChI is InChI=1S/C25H31FN2O2S/c1-2-31-24-10-6-3-7-21(24)25(29)28-15-11-19(12-16-28)27-17-13-20(14-18-27)30-23-9-5-4-8-22(23)26/h3-10,19-20H,2,11-18H2,1H3. The molecule has 2 aliphatic rings. The fraction of sp³-hybridized carbons (Fsp3) is 0.480. The molecule has 2 fully saturated rings. The van der Waals surface area contributed by atoms with Gasteiger partial charge in [0.2, 0.25) is 0 Å². The summed E-state index contributed by atoms with van der Waals surface area (Å²) in [7, 11) is 0. The van der Waals surface area contributed by atoms with Crippen LogP contribution in [-0.2, 0) is 0 Å². The Morgan fingerprint density at radius 1 is 1.00 bits per heavy atom. The monoisotopic (exact) mass is 442 g/mol. The zero-order valence-corrected chi connectivity index (χ0v) is 19.0. The first-order valence-corrected chi connectivity index (χ1v) is 12.3. The molecule has 2 aromatic carbocycles. The number of amides is 1. The van der Waals surface area contributed by atoms with Crippen molar-refractivity contribution >= 4 is 17.7 Å². The van der Waals surface area contributed by atoms with E-state index in [1.165, 1.54) is 6.07 Å². The fourth-order valence-electron chi connectivity index (χ4n) is 4.61. The molecule has 31 heavy (non-hydrogen) atoms. The van der Waals surface area contributed by atoms with Crippen molar-refractivity contribution in [2.45, 2.75) is 49.6 Å². The van der Waals surface area contributed by atoms with Crippen molar-refractivity contribution in [3.8, 4) is 5.75 Å². The van der Waals surface area contributed by atoms with Crippen LogP contribution in [-0.4, -0.2) is 59.8 Å². The van der Waals surface area contributed by atoms with E-state index in [0.29, 0.717) is 11.8 Å². The van der Waals surface area contributed by atoms with Crippen LogP contribution in [0.15, 0.2) is 53.4 Å². The van der Waals surface area contributed by atoms with E-state index in [9.17, 15) is 9.18 Å². The molecule has 0 radical (unpaired) electrons. The normalized spacial score (nSPS) is 18.8. The number of para-hydroxylation sites is 1. The summed E-state index contributed by atoms with van der Waals surface area (Å²) in [4.78, 5) is 18.7. The Morgan fingerprint density at radius 2 is 1.68 bits per heavy atom. The van der Waals surface area contributed by atoms with E-state index in [2.05, 4.69) is 11.8 Å². The molecule has 0 bridgehead atoms. The minimum absolute atomic E-state index is 0.0717. The van der Waals surface area contributed by atoms with Crippen molar-refractivity contribution in [2.75, 3.05) is 31.9 Å². The van der Waals surface area contributed by atoms with E-state index in [-0.39, 0.29) is 17.8 Å². The predicted molar refractivity (Wildman–Crippen MR) is 123 cm³/mol. The number of halogens is 1. The Balaban J connectivity index is 1.26. The maximum atomic E-state index is 13.8. The van der Waals surface area contributed by atoms with Crippen LogP contribution in [0, 0.1) is 5.82 Å². The average Bonchev–Trinajstić information content (AvgIpc) is 2.81. The number of benzene rings is 2. The molecule has 1 amide bonds.